The average molecular weight is 302 g/mol. The van der Waals surface area contributed by atoms with Gasteiger partial charge in [-0.2, -0.15) is 0 Å². The van der Waals surface area contributed by atoms with Crippen molar-refractivity contribution in [3.8, 4) is 5.75 Å². The Morgan fingerprint density at radius 2 is 1.86 bits per heavy atom. The molecule has 0 atom stereocenters. The lowest BCUT2D eigenvalue weighted by atomic mass is 10.2. The van der Waals surface area contributed by atoms with Gasteiger partial charge in [-0.05, 0) is 49.2 Å². The highest BCUT2D eigenvalue weighted by Gasteiger charge is 2.02. The highest BCUT2D eigenvalue weighted by Crippen LogP contribution is 2.22. The third-order valence-electron chi connectivity index (χ3n) is 3.01. The van der Waals surface area contributed by atoms with E-state index in [1.165, 1.54) is 10.5 Å². The molecule has 4 heteroatoms. The monoisotopic (exact) mass is 302 g/mol. The molecule has 110 valence electrons. The number of aryl methyl sites for hydroxylation is 1. The molecule has 2 aromatic carbocycles. The Bertz CT molecular complexity index is 593. The first-order valence-corrected chi connectivity index (χ1v) is 7.80. The Morgan fingerprint density at radius 3 is 2.52 bits per heavy atom. The minimum Gasteiger partial charge on any atom is -0.494 e. The Labute approximate surface area is 129 Å². The fraction of sp³-hybridized carbons (Fsp3) is 0.235. The van der Waals surface area contributed by atoms with Crippen LogP contribution in [0.15, 0.2) is 53.4 Å². The minimum atomic E-state index is -0.920. The molecule has 2 rings (SSSR count). The predicted molar refractivity (Wildman–Crippen MR) is 85.4 cm³/mol. The molecule has 21 heavy (non-hydrogen) atoms. The van der Waals surface area contributed by atoms with Crippen LogP contribution in [0.4, 0.5) is 0 Å². The summed E-state index contributed by atoms with van der Waals surface area (Å²) in [5.41, 5.74) is 1.57. The van der Waals surface area contributed by atoms with E-state index in [1.807, 2.05) is 17.8 Å². The fourth-order valence-corrected chi connectivity index (χ4v) is 2.80. The van der Waals surface area contributed by atoms with Crippen LogP contribution in [-0.4, -0.2) is 23.4 Å². The summed E-state index contributed by atoms with van der Waals surface area (Å²) in [4.78, 5) is 12.0. The Kier molecular flexibility index (Phi) is 5.69. The summed E-state index contributed by atoms with van der Waals surface area (Å²) in [6.45, 7) is 2.74. The molecule has 0 radical (unpaired) electrons. The van der Waals surface area contributed by atoms with Crippen LogP contribution in [0.5, 0.6) is 5.75 Å². The molecule has 0 heterocycles. The number of rotatable bonds is 7. The van der Waals surface area contributed by atoms with E-state index in [-0.39, 0.29) is 5.56 Å². The Morgan fingerprint density at radius 1 is 1.14 bits per heavy atom. The summed E-state index contributed by atoms with van der Waals surface area (Å²) >= 11 is 1.83. The first kappa shape index (κ1) is 15.4. The van der Waals surface area contributed by atoms with Crippen molar-refractivity contribution in [3.63, 3.8) is 0 Å². The molecule has 3 nitrogen and oxygen atoms in total. The van der Waals surface area contributed by atoms with Gasteiger partial charge in [-0.1, -0.05) is 18.2 Å². The number of carboxylic acids is 1. The molecule has 0 bridgehead atoms. The molecule has 1 N–H and O–H groups in total. The first-order valence-electron chi connectivity index (χ1n) is 6.81. The SMILES string of the molecule is Cc1ccccc1SCCCOc1ccc(C(=O)O)cc1. The molecule has 0 unspecified atom stereocenters. The van der Waals surface area contributed by atoms with Gasteiger partial charge in [0.25, 0.3) is 0 Å². The molecular formula is C17H18O3S. The van der Waals surface area contributed by atoms with Crippen molar-refractivity contribution in [1.82, 2.24) is 0 Å². The molecule has 0 aliphatic heterocycles. The first-order chi connectivity index (χ1) is 10.2. The second-order valence-electron chi connectivity index (χ2n) is 4.65. The van der Waals surface area contributed by atoms with E-state index < -0.39 is 5.97 Å². The lowest BCUT2D eigenvalue weighted by Gasteiger charge is -2.07. The third kappa shape index (κ3) is 4.83. The van der Waals surface area contributed by atoms with Crippen molar-refractivity contribution in [2.45, 2.75) is 18.2 Å². The smallest absolute Gasteiger partial charge is 0.335 e. The molecule has 0 saturated carbocycles. The molecule has 0 fully saturated rings. The number of hydrogen-bond acceptors (Lipinski definition) is 3. The summed E-state index contributed by atoms with van der Waals surface area (Å²) in [6, 6.07) is 14.8. The molecule has 2 aromatic rings. The largest absolute Gasteiger partial charge is 0.494 e. The number of hydrogen-bond donors (Lipinski definition) is 1. The number of thioether (sulfide) groups is 1. The lowest BCUT2D eigenvalue weighted by molar-refractivity contribution is 0.0697. The van der Waals surface area contributed by atoms with Crippen LogP contribution in [0, 0.1) is 6.92 Å². The molecule has 0 aliphatic carbocycles. The molecule has 0 amide bonds. The zero-order valence-electron chi connectivity index (χ0n) is 11.9. The number of benzene rings is 2. The van der Waals surface area contributed by atoms with Crippen LogP contribution in [0.3, 0.4) is 0 Å². The topological polar surface area (TPSA) is 46.5 Å². The van der Waals surface area contributed by atoms with Crippen LogP contribution in [0.25, 0.3) is 0 Å². The maximum Gasteiger partial charge on any atom is 0.335 e. The molecule has 0 spiro atoms. The summed E-state index contributed by atoms with van der Waals surface area (Å²) in [7, 11) is 0. The van der Waals surface area contributed by atoms with Gasteiger partial charge in [0.1, 0.15) is 5.75 Å². The van der Waals surface area contributed by atoms with Gasteiger partial charge < -0.3 is 9.84 Å². The normalized spacial score (nSPS) is 10.3. The van der Waals surface area contributed by atoms with Crippen molar-refractivity contribution >= 4 is 17.7 Å². The van der Waals surface area contributed by atoms with Crippen LogP contribution < -0.4 is 4.74 Å². The van der Waals surface area contributed by atoms with Crippen LogP contribution in [-0.2, 0) is 0 Å². The zero-order valence-corrected chi connectivity index (χ0v) is 12.7. The molecule has 0 aliphatic rings. The van der Waals surface area contributed by atoms with Gasteiger partial charge in [-0.3, -0.25) is 0 Å². The number of carboxylic acid groups (broad SMARTS) is 1. The van der Waals surface area contributed by atoms with E-state index in [9.17, 15) is 4.79 Å². The minimum absolute atomic E-state index is 0.275. The van der Waals surface area contributed by atoms with Gasteiger partial charge in [-0.25, -0.2) is 4.79 Å². The van der Waals surface area contributed by atoms with Gasteiger partial charge in [0.2, 0.25) is 0 Å². The van der Waals surface area contributed by atoms with E-state index >= 15 is 0 Å². The highest BCUT2D eigenvalue weighted by molar-refractivity contribution is 7.99. The van der Waals surface area contributed by atoms with Gasteiger partial charge >= 0.3 is 5.97 Å². The van der Waals surface area contributed by atoms with Gasteiger partial charge in [-0.15, -0.1) is 11.8 Å². The van der Waals surface area contributed by atoms with E-state index in [2.05, 4.69) is 25.1 Å². The fourth-order valence-electron chi connectivity index (χ4n) is 1.84. The maximum absolute atomic E-state index is 10.7. The second kappa shape index (κ2) is 7.74. The quantitative estimate of drug-likeness (QED) is 0.613. The summed E-state index contributed by atoms with van der Waals surface area (Å²) in [5, 5.41) is 8.81. The van der Waals surface area contributed by atoms with Gasteiger partial charge in [0, 0.05) is 10.6 Å². The maximum atomic E-state index is 10.7. The average Bonchev–Trinajstić information content (AvgIpc) is 2.49. The number of ether oxygens (including phenoxy) is 1. The summed E-state index contributed by atoms with van der Waals surface area (Å²) in [6.07, 6.45) is 0.944. The van der Waals surface area contributed by atoms with Gasteiger partial charge in [0.05, 0.1) is 12.2 Å². The Hall–Kier alpha value is -1.94. The predicted octanol–water partition coefficient (Wildman–Crippen LogP) is 4.25. The summed E-state index contributed by atoms with van der Waals surface area (Å²) in [5.74, 6) is 0.787. The molecule has 0 aromatic heterocycles. The van der Waals surface area contributed by atoms with E-state index in [4.69, 9.17) is 9.84 Å². The van der Waals surface area contributed by atoms with E-state index in [0.29, 0.717) is 12.4 Å². The molecular weight excluding hydrogens is 284 g/mol. The van der Waals surface area contributed by atoms with E-state index in [0.717, 1.165) is 12.2 Å². The molecule has 0 saturated heterocycles. The highest BCUT2D eigenvalue weighted by atomic mass is 32.2. The van der Waals surface area contributed by atoms with Gasteiger partial charge in [0.15, 0.2) is 0 Å². The van der Waals surface area contributed by atoms with Crippen LogP contribution >= 0.6 is 11.8 Å². The van der Waals surface area contributed by atoms with Crippen LogP contribution in [0.1, 0.15) is 22.3 Å². The van der Waals surface area contributed by atoms with Crippen LogP contribution in [0.2, 0.25) is 0 Å². The standard InChI is InChI=1S/C17H18O3S/c1-13-5-2-3-6-16(13)21-12-4-11-20-15-9-7-14(8-10-15)17(18)19/h2-3,5-10H,4,11-12H2,1H3,(H,18,19). The second-order valence-corrected chi connectivity index (χ2v) is 5.78. The zero-order chi connectivity index (χ0) is 15.1. The van der Waals surface area contributed by atoms with Crippen molar-refractivity contribution in [1.29, 1.82) is 0 Å². The van der Waals surface area contributed by atoms with Crippen molar-refractivity contribution in [2.75, 3.05) is 12.4 Å². The number of aromatic carboxylic acids is 1. The van der Waals surface area contributed by atoms with Crippen molar-refractivity contribution in [2.24, 2.45) is 0 Å². The number of carbonyl (C=O) groups is 1. The van der Waals surface area contributed by atoms with Crippen molar-refractivity contribution < 1.29 is 14.6 Å². The third-order valence-corrected chi connectivity index (χ3v) is 4.27. The lowest BCUT2D eigenvalue weighted by Crippen LogP contribution is -2.00. The van der Waals surface area contributed by atoms with E-state index in [1.54, 1.807) is 24.3 Å². The Balaban J connectivity index is 1.70. The summed E-state index contributed by atoms with van der Waals surface area (Å²) < 4.78 is 5.60. The van der Waals surface area contributed by atoms with Crippen molar-refractivity contribution in [3.05, 3.63) is 59.7 Å².